The summed E-state index contributed by atoms with van der Waals surface area (Å²) in [5.74, 6) is -0.176. The summed E-state index contributed by atoms with van der Waals surface area (Å²) in [6.07, 6.45) is 2.98. The van der Waals surface area contributed by atoms with Gasteiger partial charge in [0.2, 0.25) is 0 Å². The number of benzene rings is 1. The highest BCUT2D eigenvalue weighted by atomic mass is 16.5. The van der Waals surface area contributed by atoms with Crippen molar-refractivity contribution in [3.05, 3.63) is 58.5 Å². The third-order valence-electron chi connectivity index (χ3n) is 4.65. The molecule has 2 aromatic rings. The number of nitrogens with one attached hydrogen (secondary N) is 1. The Balaban J connectivity index is 2.41. The van der Waals surface area contributed by atoms with Gasteiger partial charge in [-0.2, -0.15) is 0 Å². The van der Waals surface area contributed by atoms with E-state index in [9.17, 15) is 9.59 Å². The molecule has 4 heteroatoms. The maximum absolute atomic E-state index is 12.6. The van der Waals surface area contributed by atoms with Crippen molar-refractivity contribution in [1.29, 1.82) is 0 Å². The van der Waals surface area contributed by atoms with Gasteiger partial charge in [-0.15, -0.1) is 6.58 Å². The van der Waals surface area contributed by atoms with Crippen molar-refractivity contribution in [1.82, 2.24) is 4.98 Å². The predicted octanol–water partition coefficient (Wildman–Crippen LogP) is 3.41. The van der Waals surface area contributed by atoms with E-state index >= 15 is 0 Å². The number of ether oxygens (including phenoxy) is 1. The van der Waals surface area contributed by atoms with Crippen LogP contribution in [0.4, 0.5) is 0 Å². The molecule has 1 atom stereocenters. The zero-order valence-electron chi connectivity index (χ0n) is 13.5. The second kappa shape index (κ2) is 5.69. The van der Waals surface area contributed by atoms with Crippen LogP contribution >= 0.6 is 0 Å². The number of fused-ring (bicyclic) bond motifs is 1. The molecule has 1 saturated heterocycles. The number of pyridine rings is 1. The summed E-state index contributed by atoms with van der Waals surface area (Å²) in [5, 5.41) is 1.53. The van der Waals surface area contributed by atoms with E-state index in [1.54, 1.807) is 6.08 Å². The predicted molar refractivity (Wildman–Crippen MR) is 90.7 cm³/mol. The molecule has 0 spiro atoms. The van der Waals surface area contributed by atoms with Crippen molar-refractivity contribution in [3.8, 4) is 0 Å². The molecule has 1 aromatic carbocycles. The first-order valence-corrected chi connectivity index (χ1v) is 7.97. The van der Waals surface area contributed by atoms with E-state index < -0.39 is 5.41 Å². The fourth-order valence-corrected chi connectivity index (χ4v) is 3.51. The summed E-state index contributed by atoms with van der Waals surface area (Å²) in [6.45, 7) is 8.42. The highest BCUT2D eigenvalue weighted by molar-refractivity contribution is 5.91. The maximum Gasteiger partial charge on any atom is 0.321 e. The molecule has 1 aliphatic rings. The van der Waals surface area contributed by atoms with Crippen LogP contribution in [-0.4, -0.2) is 17.6 Å². The van der Waals surface area contributed by atoms with E-state index in [-0.39, 0.29) is 17.4 Å². The minimum atomic E-state index is -0.971. The largest absolute Gasteiger partial charge is 0.465 e. The lowest BCUT2D eigenvalue weighted by molar-refractivity contribution is -0.153. The van der Waals surface area contributed by atoms with E-state index in [0.717, 1.165) is 17.4 Å². The Morgan fingerprint density at radius 3 is 2.57 bits per heavy atom. The van der Waals surface area contributed by atoms with Gasteiger partial charge in [0.05, 0.1) is 6.61 Å². The summed E-state index contributed by atoms with van der Waals surface area (Å²) in [4.78, 5) is 28.1. The van der Waals surface area contributed by atoms with Crippen molar-refractivity contribution in [2.45, 2.75) is 38.0 Å². The Hall–Kier alpha value is -2.36. The van der Waals surface area contributed by atoms with E-state index in [4.69, 9.17) is 4.74 Å². The Kier molecular flexibility index (Phi) is 3.84. The van der Waals surface area contributed by atoms with Gasteiger partial charge in [-0.1, -0.05) is 38.1 Å². The third-order valence-corrected chi connectivity index (χ3v) is 4.65. The zero-order chi connectivity index (χ0) is 16.6. The second-order valence-electron chi connectivity index (χ2n) is 6.36. The van der Waals surface area contributed by atoms with Crippen molar-refractivity contribution < 1.29 is 9.53 Å². The van der Waals surface area contributed by atoms with Gasteiger partial charge >= 0.3 is 5.97 Å². The number of rotatable bonds is 3. The number of hydrogen-bond donors (Lipinski definition) is 1. The van der Waals surface area contributed by atoms with E-state index in [1.165, 1.54) is 0 Å². The molecular formula is C19H21NO3. The molecule has 0 amide bonds. The first-order valence-electron chi connectivity index (χ1n) is 7.97. The lowest BCUT2D eigenvalue weighted by Crippen LogP contribution is -2.42. The van der Waals surface area contributed by atoms with E-state index in [1.807, 2.05) is 24.3 Å². The first-order chi connectivity index (χ1) is 11.0. The number of hydrogen-bond acceptors (Lipinski definition) is 3. The van der Waals surface area contributed by atoms with Gasteiger partial charge in [0, 0.05) is 11.1 Å². The molecule has 1 aromatic heterocycles. The number of aromatic amines is 1. The van der Waals surface area contributed by atoms with Crippen LogP contribution in [0.5, 0.6) is 0 Å². The van der Waals surface area contributed by atoms with Gasteiger partial charge in [0.25, 0.3) is 5.56 Å². The molecule has 4 nitrogen and oxygen atoms in total. The van der Waals surface area contributed by atoms with Crippen molar-refractivity contribution >= 4 is 16.7 Å². The van der Waals surface area contributed by atoms with Crippen LogP contribution < -0.4 is 5.56 Å². The van der Waals surface area contributed by atoms with Crippen LogP contribution in [0.3, 0.4) is 0 Å². The number of carbonyl (C=O) groups is 1. The van der Waals surface area contributed by atoms with Crippen molar-refractivity contribution in [2.75, 3.05) is 6.61 Å². The molecule has 23 heavy (non-hydrogen) atoms. The lowest BCUT2D eigenvalue weighted by Gasteiger charge is -2.34. The molecule has 120 valence electrons. The van der Waals surface area contributed by atoms with Crippen LogP contribution in [0.15, 0.2) is 41.7 Å². The molecule has 1 N–H and O–H groups in total. The molecular weight excluding hydrogens is 290 g/mol. The lowest BCUT2D eigenvalue weighted by atomic mass is 9.74. The third kappa shape index (κ3) is 2.29. The zero-order valence-corrected chi connectivity index (χ0v) is 13.5. The monoisotopic (exact) mass is 311 g/mol. The number of carbonyl (C=O) groups excluding carboxylic acids is 1. The average Bonchev–Trinajstić information content (AvgIpc) is 2.55. The van der Waals surface area contributed by atoms with Crippen LogP contribution in [-0.2, 0) is 14.9 Å². The van der Waals surface area contributed by atoms with Gasteiger partial charge in [0.15, 0.2) is 0 Å². The van der Waals surface area contributed by atoms with Gasteiger partial charge in [-0.25, -0.2) is 0 Å². The quantitative estimate of drug-likeness (QED) is 0.698. The molecule has 3 rings (SSSR count). The second-order valence-corrected chi connectivity index (χ2v) is 6.36. The van der Waals surface area contributed by atoms with Crippen LogP contribution in [0.25, 0.3) is 10.8 Å². The van der Waals surface area contributed by atoms with Crippen molar-refractivity contribution in [2.24, 2.45) is 0 Å². The number of cyclic esters (lactones) is 1. The van der Waals surface area contributed by atoms with Crippen LogP contribution in [0, 0.1) is 0 Å². The van der Waals surface area contributed by atoms with Gasteiger partial charge in [0.1, 0.15) is 5.41 Å². The summed E-state index contributed by atoms with van der Waals surface area (Å²) < 4.78 is 5.29. The highest BCUT2D eigenvalue weighted by Gasteiger charge is 2.44. The van der Waals surface area contributed by atoms with Gasteiger partial charge in [-0.05, 0) is 35.8 Å². The maximum atomic E-state index is 12.6. The first kappa shape index (κ1) is 15.5. The fourth-order valence-electron chi connectivity index (χ4n) is 3.51. The number of aromatic nitrogens is 1. The Morgan fingerprint density at radius 2 is 1.96 bits per heavy atom. The van der Waals surface area contributed by atoms with Crippen LogP contribution in [0.1, 0.15) is 43.9 Å². The molecule has 0 radical (unpaired) electrons. The number of esters is 1. The Labute approximate surface area is 135 Å². The summed E-state index contributed by atoms with van der Waals surface area (Å²) in [7, 11) is 0. The van der Waals surface area contributed by atoms with Gasteiger partial charge in [-0.3, -0.25) is 9.59 Å². The molecule has 1 aliphatic heterocycles. The molecule has 0 aliphatic carbocycles. The summed E-state index contributed by atoms with van der Waals surface area (Å²) in [5.41, 5.74) is 0.468. The topological polar surface area (TPSA) is 59.2 Å². The highest BCUT2D eigenvalue weighted by Crippen LogP contribution is 2.39. The minimum absolute atomic E-state index is 0.151. The van der Waals surface area contributed by atoms with Gasteiger partial charge < -0.3 is 9.72 Å². The van der Waals surface area contributed by atoms with E-state index in [0.29, 0.717) is 24.1 Å². The Bertz CT molecular complexity index is 834. The van der Waals surface area contributed by atoms with Crippen molar-refractivity contribution in [3.63, 3.8) is 0 Å². The standard InChI is InChI=1S/C19H21NO3/c1-4-19(10-7-11-23-18(19)22)16-15(12(2)3)13-8-5-6-9-14(13)17(21)20-16/h4-6,8-9,12H,1,7,10-11H2,2-3H3,(H,20,21). The molecule has 2 heterocycles. The fraction of sp³-hybridized carbons (Fsp3) is 0.368. The number of H-pyrrole nitrogens is 1. The molecule has 1 fully saturated rings. The average molecular weight is 311 g/mol. The van der Waals surface area contributed by atoms with E-state index in [2.05, 4.69) is 25.4 Å². The smallest absolute Gasteiger partial charge is 0.321 e. The molecule has 0 bridgehead atoms. The Morgan fingerprint density at radius 1 is 1.26 bits per heavy atom. The summed E-state index contributed by atoms with van der Waals surface area (Å²) >= 11 is 0. The molecule has 1 unspecified atom stereocenters. The molecule has 0 saturated carbocycles. The minimum Gasteiger partial charge on any atom is -0.465 e. The summed E-state index contributed by atoms with van der Waals surface area (Å²) in [6, 6.07) is 7.51. The van der Waals surface area contributed by atoms with Crippen LogP contribution in [0.2, 0.25) is 0 Å². The SMILES string of the molecule is C=CC1(c2[nH]c(=O)c3ccccc3c2C(C)C)CCCOC1=O. The normalized spacial score (nSPS) is 21.4.